The molecule has 0 amide bonds. The molecule has 2 aliphatic heterocycles. The van der Waals surface area contributed by atoms with Gasteiger partial charge >= 0.3 is 11.9 Å². The average molecular weight is 1040 g/mol. The second-order valence-electron chi connectivity index (χ2n) is 23.3. The van der Waals surface area contributed by atoms with Crippen molar-refractivity contribution in [3.05, 3.63) is 130 Å². The molecule has 10 unspecified atom stereocenters. The molecule has 0 fully saturated rings. The Balaban J connectivity index is 1.62. The van der Waals surface area contributed by atoms with Crippen LogP contribution in [0.4, 0.5) is 0 Å². The van der Waals surface area contributed by atoms with Gasteiger partial charge in [0.2, 0.25) is 0 Å². The quantitative estimate of drug-likeness (QED) is 0.0608. The van der Waals surface area contributed by atoms with E-state index in [0.717, 1.165) is 127 Å². The first-order valence-corrected chi connectivity index (χ1v) is 30.2. The van der Waals surface area contributed by atoms with Crippen LogP contribution >= 0.6 is 0 Å². The molecule has 0 bridgehead atoms. The van der Waals surface area contributed by atoms with E-state index in [0.29, 0.717) is 11.1 Å². The first kappa shape index (κ1) is 61.5. The van der Waals surface area contributed by atoms with Crippen molar-refractivity contribution < 1.29 is 19.3 Å². The SMILES string of the molecule is CCCCCCC(C)C1(C)C(c2ccccc2C#N)C(C(CC)CCCCC)=CN(OC(=O)c2ccccc2C(=O)ON2C=C(C(CC)CCCCC)C(c3ccccc3C#N)C(C)(C(C)CCCCCC)C2C)C1C. The number of nitriles is 2. The van der Waals surface area contributed by atoms with Crippen LogP contribution in [0, 0.1) is 57.2 Å². The molecule has 414 valence electrons. The zero-order valence-electron chi connectivity index (χ0n) is 49.3. The molecular weight excluding hydrogens is 937 g/mol. The summed E-state index contributed by atoms with van der Waals surface area (Å²) in [5.41, 5.74) is 5.23. The standard InChI is InChI=1S/C68H98N4O4/c1-13-19-23-27-35-49(7)67(11)51(9)71(47-61(53(17-5)37-25-21-15-3)63(67)57-41-31-29-39-55(57)45-69)75-65(73)59-43-33-34-44-60(59)66(74)76-72-48-62(54(18-6)38-26-22-16-4)64(58-42-32-30-40-56(58)46-70)68(12,52(72)10)50(8)36-28-24-20-14-2/h29-34,39-44,47-54,63-64H,13-28,35-38H2,1-12H3. The summed E-state index contributed by atoms with van der Waals surface area (Å²) in [6.45, 7) is 27.2. The number of carbonyl (C=O) groups is 2. The summed E-state index contributed by atoms with van der Waals surface area (Å²) >= 11 is 0. The highest BCUT2D eigenvalue weighted by Gasteiger charge is 2.54. The average Bonchev–Trinajstić information content (AvgIpc) is 3.46. The Labute approximate surface area is 461 Å². The van der Waals surface area contributed by atoms with Crippen molar-refractivity contribution in [3.8, 4) is 12.1 Å². The number of hydrogen-bond donors (Lipinski definition) is 0. The van der Waals surface area contributed by atoms with Crippen molar-refractivity contribution in [1.29, 1.82) is 10.5 Å². The van der Waals surface area contributed by atoms with Gasteiger partial charge < -0.3 is 9.68 Å². The molecule has 2 heterocycles. The highest BCUT2D eigenvalue weighted by atomic mass is 16.7. The van der Waals surface area contributed by atoms with Crippen LogP contribution in [0.1, 0.15) is 266 Å². The minimum absolute atomic E-state index is 0.0792. The number of allylic oxidation sites excluding steroid dienone is 2. The van der Waals surface area contributed by atoms with Gasteiger partial charge in [-0.15, -0.1) is 0 Å². The van der Waals surface area contributed by atoms with Crippen molar-refractivity contribution in [1.82, 2.24) is 10.1 Å². The maximum atomic E-state index is 15.1. The minimum Gasteiger partial charge on any atom is -0.336 e. The van der Waals surface area contributed by atoms with Crippen molar-refractivity contribution in [2.75, 3.05) is 0 Å². The van der Waals surface area contributed by atoms with Gasteiger partial charge in [0.05, 0.1) is 46.5 Å². The molecule has 8 nitrogen and oxygen atoms in total. The highest BCUT2D eigenvalue weighted by Crippen LogP contribution is 2.59. The van der Waals surface area contributed by atoms with Gasteiger partial charge in [0.25, 0.3) is 0 Å². The summed E-state index contributed by atoms with van der Waals surface area (Å²) in [7, 11) is 0. The van der Waals surface area contributed by atoms with Crippen LogP contribution in [0.25, 0.3) is 0 Å². The van der Waals surface area contributed by atoms with Gasteiger partial charge in [-0.25, -0.2) is 19.7 Å². The molecule has 0 N–H and O–H groups in total. The number of hydroxylamine groups is 4. The van der Waals surface area contributed by atoms with Crippen LogP contribution in [0.3, 0.4) is 0 Å². The lowest BCUT2D eigenvalue weighted by Crippen LogP contribution is -2.54. The molecule has 8 heteroatoms. The Morgan fingerprint density at radius 1 is 0.513 bits per heavy atom. The van der Waals surface area contributed by atoms with Crippen molar-refractivity contribution in [2.24, 2.45) is 34.5 Å². The zero-order chi connectivity index (χ0) is 55.4. The lowest BCUT2D eigenvalue weighted by atomic mass is 9.55. The predicted molar refractivity (Wildman–Crippen MR) is 312 cm³/mol. The number of hydrogen-bond acceptors (Lipinski definition) is 8. The fraction of sp³-hybridized carbons (Fsp3) is 0.618. The van der Waals surface area contributed by atoms with E-state index in [-0.39, 0.29) is 58.7 Å². The largest absolute Gasteiger partial charge is 0.363 e. The summed E-state index contributed by atoms with van der Waals surface area (Å²) in [4.78, 5) is 43.5. The molecule has 0 radical (unpaired) electrons. The molecule has 0 aromatic heterocycles. The first-order valence-electron chi connectivity index (χ1n) is 30.2. The fourth-order valence-corrected chi connectivity index (χ4v) is 13.4. The van der Waals surface area contributed by atoms with E-state index in [1.165, 1.54) is 24.0 Å². The summed E-state index contributed by atoms with van der Waals surface area (Å²) in [5.74, 6) is -0.582. The molecule has 76 heavy (non-hydrogen) atoms. The predicted octanol–water partition coefficient (Wildman–Crippen LogP) is 18.8. The van der Waals surface area contributed by atoms with Crippen LogP contribution < -0.4 is 0 Å². The highest BCUT2D eigenvalue weighted by molar-refractivity contribution is 6.03. The molecule has 0 saturated heterocycles. The second kappa shape index (κ2) is 30.0. The van der Waals surface area contributed by atoms with Crippen LogP contribution in [-0.4, -0.2) is 34.1 Å². The smallest absolute Gasteiger partial charge is 0.336 e. The van der Waals surface area contributed by atoms with Crippen molar-refractivity contribution in [3.63, 3.8) is 0 Å². The number of rotatable bonds is 30. The van der Waals surface area contributed by atoms with Gasteiger partial charge in [-0.3, -0.25) is 0 Å². The van der Waals surface area contributed by atoms with Gasteiger partial charge in [-0.2, -0.15) is 10.5 Å². The molecule has 0 spiro atoms. The zero-order valence-corrected chi connectivity index (χ0v) is 49.3. The van der Waals surface area contributed by atoms with Gasteiger partial charge in [0.1, 0.15) is 0 Å². The summed E-state index contributed by atoms with van der Waals surface area (Å²) in [5, 5.41) is 24.9. The van der Waals surface area contributed by atoms with E-state index < -0.39 is 22.8 Å². The third kappa shape index (κ3) is 14.0. The van der Waals surface area contributed by atoms with Gasteiger partial charge in [0.15, 0.2) is 0 Å². The molecule has 0 saturated carbocycles. The van der Waals surface area contributed by atoms with E-state index in [1.54, 1.807) is 34.4 Å². The Morgan fingerprint density at radius 2 is 0.842 bits per heavy atom. The molecule has 3 aromatic carbocycles. The normalized spacial score (nSPS) is 23.1. The molecular formula is C68H98N4O4. The van der Waals surface area contributed by atoms with Crippen LogP contribution in [0.2, 0.25) is 0 Å². The monoisotopic (exact) mass is 1030 g/mol. The van der Waals surface area contributed by atoms with E-state index in [1.807, 2.05) is 24.3 Å². The lowest BCUT2D eigenvalue weighted by Gasteiger charge is -2.55. The third-order valence-corrected chi connectivity index (χ3v) is 18.9. The van der Waals surface area contributed by atoms with Crippen molar-refractivity contribution in [2.45, 2.75) is 235 Å². The van der Waals surface area contributed by atoms with Gasteiger partial charge in [0, 0.05) is 35.1 Å². The van der Waals surface area contributed by atoms with Crippen LogP contribution in [0.15, 0.2) is 96.3 Å². The Hall–Kier alpha value is -5.34. The number of benzene rings is 3. The van der Waals surface area contributed by atoms with E-state index >= 15 is 9.59 Å². The van der Waals surface area contributed by atoms with Gasteiger partial charge in [-0.1, -0.05) is 221 Å². The van der Waals surface area contributed by atoms with E-state index in [4.69, 9.17) is 9.68 Å². The third-order valence-electron chi connectivity index (χ3n) is 18.9. The van der Waals surface area contributed by atoms with E-state index in [9.17, 15) is 10.5 Å². The lowest BCUT2D eigenvalue weighted by molar-refractivity contribution is -0.150. The molecule has 5 rings (SSSR count). The Kier molecular flexibility index (Phi) is 24.3. The Bertz CT molecular complexity index is 2290. The molecule has 3 aromatic rings. The van der Waals surface area contributed by atoms with E-state index in [2.05, 4.69) is 132 Å². The molecule has 2 aliphatic rings. The fourth-order valence-electron chi connectivity index (χ4n) is 13.4. The van der Waals surface area contributed by atoms with Crippen LogP contribution in [0.5, 0.6) is 0 Å². The number of carbonyl (C=O) groups excluding carboxylic acids is 2. The number of unbranched alkanes of at least 4 members (excludes halogenated alkanes) is 10. The van der Waals surface area contributed by atoms with Crippen molar-refractivity contribution >= 4 is 11.9 Å². The minimum atomic E-state index is -0.619. The molecule has 0 aliphatic carbocycles. The maximum Gasteiger partial charge on any atom is 0.363 e. The summed E-state index contributed by atoms with van der Waals surface area (Å²) < 4.78 is 0. The topological polar surface area (TPSA) is 107 Å². The first-order chi connectivity index (χ1) is 36.7. The molecule has 10 atom stereocenters. The number of nitrogens with zero attached hydrogens (tertiary/aromatic N) is 4. The van der Waals surface area contributed by atoms with Crippen LogP contribution in [-0.2, 0) is 9.68 Å². The van der Waals surface area contributed by atoms with Gasteiger partial charge in [-0.05, 0) is 110 Å². The summed E-state index contributed by atoms with van der Waals surface area (Å²) in [6.07, 6.45) is 25.9. The second-order valence-corrected chi connectivity index (χ2v) is 23.3. The Morgan fingerprint density at radius 3 is 1.18 bits per heavy atom. The maximum absolute atomic E-state index is 15.1. The summed E-state index contributed by atoms with van der Waals surface area (Å²) in [6, 6.07) is 27.7.